The van der Waals surface area contributed by atoms with Gasteiger partial charge in [0.15, 0.2) is 0 Å². The van der Waals surface area contributed by atoms with Gasteiger partial charge in [0.2, 0.25) is 0 Å². The van der Waals surface area contributed by atoms with Gasteiger partial charge in [0, 0.05) is 13.2 Å². The molecule has 1 aromatic rings. The maximum Gasteiger partial charge on any atom is 0.0946 e. The topological polar surface area (TPSA) is 35.2 Å². The maximum atomic E-state index is 5.57. The van der Waals surface area contributed by atoms with Gasteiger partial charge in [-0.15, -0.1) is 0 Å². The number of ether oxygens (including phenoxy) is 1. The Kier molecular flexibility index (Phi) is 3.77. The normalized spacial score (nSPS) is 12.8. The highest BCUT2D eigenvalue weighted by Gasteiger charge is 2.06. The minimum atomic E-state index is 0.0520. The zero-order valence-corrected chi connectivity index (χ0v) is 7.36. The van der Waals surface area contributed by atoms with Crippen LogP contribution in [0.15, 0.2) is 30.3 Å². The van der Waals surface area contributed by atoms with Crippen molar-refractivity contribution in [3.05, 3.63) is 35.9 Å². The smallest absolute Gasteiger partial charge is 0.0946 e. The van der Waals surface area contributed by atoms with E-state index in [-0.39, 0.29) is 6.10 Å². The van der Waals surface area contributed by atoms with E-state index >= 15 is 0 Å². The lowest BCUT2D eigenvalue weighted by Crippen LogP contribution is -2.15. The van der Waals surface area contributed by atoms with E-state index in [9.17, 15) is 0 Å². The van der Waals surface area contributed by atoms with Crippen LogP contribution in [0.2, 0.25) is 0 Å². The Morgan fingerprint density at radius 1 is 1.33 bits per heavy atom. The summed E-state index contributed by atoms with van der Waals surface area (Å²) >= 11 is 0. The van der Waals surface area contributed by atoms with Crippen LogP contribution in [-0.4, -0.2) is 13.2 Å². The molecule has 0 heterocycles. The van der Waals surface area contributed by atoms with Gasteiger partial charge >= 0.3 is 0 Å². The molecule has 0 aliphatic heterocycles. The molecule has 2 N–H and O–H groups in total. The van der Waals surface area contributed by atoms with E-state index in [1.807, 2.05) is 37.3 Å². The molecule has 66 valence electrons. The highest BCUT2D eigenvalue weighted by Crippen LogP contribution is 2.14. The second kappa shape index (κ2) is 4.91. The fourth-order valence-electron chi connectivity index (χ4n) is 1.17. The van der Waals surface area contributed by atoms with E-state index in [0.717, 1.165) is 5.56 Å². The minimum absolute atomic E-state index is 0.0520. The second-order valence-corrected chi connectivity index (χ2v) is 2.59. The Morgan fingerprint density at radius 2 is 2.00 bits per heavy atom. The Bertz CT molecular complexity index is 210. The molecule has 0 aromatic heterocycles. The van der Waals surface area contributed by atoms with Gasteiger partial charge in [-0.3, -0.25) is 0 Å². The lowest BCUT2D eigenvalue weighted by molar-refractivity contribution is 0.0688. The first-order chi connectivity index (χ1) is 5.88. The largest absolute Gasteiger partial charge is 0.372 e. The first-order valence-corrected chi connectivity index (χ1v) is 4.25. The number of hydrogen-bond acceptors (Lipinski definition) is 2. The zero-order chi connectivity index (χ0) is 8.81. The predicted octanol–water partition coefficient (Wildman–Crippen LogP) is 1.72. The molecule has 0 radical (unpaired) electrons. The van der Waals surface area contributed by atoms with E-state index in [0.29, 0.717) is 13.2 Å². The van der Waals surface area contributed by atoms with Gasteiger partial charge in [0.05, 0.1) is 6.10 Å². The maximum absolute atomic E-state index is 5.57. The third-order valence-corrected chi connectivity index (χ3v) is 1.75. The van der Waals surface area contributed by atoms with Crippen LogP contribution in [0.1, 0.15) is 18.6 Å². The van der Waals surface area contributed by atoms with Gasteiger partial charge in [-0.05, 0) is 12.5 Å². The van der Waals surface area contributed by atoms with Crippen LogP contribution >= 0.6 is 0 Å². The fourth-order valence-corrected chi connectivity index (χ4v) is 1.17. The van der Waals surface area contributed by atoms with Crippen molar-refractivity contribution in [3.8, 4) is 0 Å². The highest BCUT2D eigenvalue weighted by molar-refractivity contribution is 5.17. The molecule has 0 spiro atoms. The van der Waals surface area contributed by atoms with Gasteiger partial charge in [0.1, 0.15) is 0 Å². The van der Waals surface area contributed by atoms with Crippen LogP contribution in [-0.2, 0) is 4.74 Å². The molecule has 1 aromatic carbocycles. The molecule has 1 atom stereocenters. The van der Waals surface area contributed by atoms with Crippen molar-refractivity contribution in [2.24, 2.45) is 5.73 Å². The summed E-state index contributed by atoms with van der Waals surface area (Å²) in [7, 11) is 0. The Balaban J connectivity index is 2.66. The number of hydrogen-bond donors (Lipinski definition) is 1. The van der Waals surface area contributed by atoms with E-state index in [2.05, 4.69) is 0 Å². The third kappa shape index (κ3) is 2.32. The first kappa shape index (κ1) is 9.23. The summed E-state index contributed by atoms with van der Waals surface area (Å²) in [5.41, 5.74) is 6.72. The molecule has 0 fully saturated rings. The molecule has 0 bridgehead atoms. The monoisotopic (exact) mass is 165 g/mol. The fraction of sp³-hybridized carbons (Fsp3) is 0.400. The summed E-state index contributed by atoms with van der Waals surface area (Å²) in [6.45, 7) is 3.22. The summed E-state index contributed by atoms with van der Waals surface area (Å²) in [4.78, 5) is 0. The van der Waals surface area contributed by atoms with E-state index in [1.165, 1.54) is 0 Å². The van der Waals surface area contributed by atoms with E-state index in [4.69, 9.17) is 10.5 Å². The molecule has 2 nitrogen and oxygen atoms in total. The lowest BCUT2D eigenvalue weighted by Gasteiger charge is -2.14. The van der Waals surface area contributed by atoms with Gasteiger partial charge in [-0.2, -0.15) is 0 Å². The van der Waals surface area contributed by atoms with Crippen molar-refractivity contribution in [2.75, 3.05) is 13.2 Å². The summed E-state index contributed by atoms with van der Waals surface area (Å²) < 4.78 is 5.45. The average Bonchev–Trinajstić information content (AvgIpc) is 2.15. The van der Waals surface area contributed by atoms with Crippen molar-refractivity contribution in [1.29, 1.82) is 0 Å². The summed E-state index contributed by atoms with van der Waals surface area (Å²) in [6, 6.07) is 10.1. The first-order valence-electron chi connectivity index (χ1n) is 4.25. The van der Waals surface area contributed by atoms with Crippen molar-refractivity contribution in [1.82, 2.24) is 0 Å². The van der Waals surface area contributed by atoms with Crippen LogP contribution in [0.4, 0.5) is 0 Å². The molecule has 12 heavy (non-hydrogen) atoms. The van der Waals surface area contributed by atoms with Gasteiger partial charge in [-0.25, -0.2) is 0 Å². The van der Waals surface area contributed by atoms with Crippen LogP contribution in [0.5, 0.6) is 0 Å². The molecule has 2 heteroatoms. The SMILES string of the molecule is CCO[C@@H](CN)c1ccccc1. The number of rotatable bonds is 4. The molecular formula is C10H15NO. The van der Waals surface area contributed by atoms with Gasteiger partial charge in [0.25, 0.3) is 0 Å². The van der Waals surface area contributed by atoms with Crippen molar-refractivity contribution in [2.45, 2.75) is 13.0 Å². The van der Waals surface area contributed by atoms with Gasteiger partial charge < -0.3 is 10.5 Å². The Labute approximate surface area is 73.3 Å². The number of benzene rings is 1. The molecule has 0 aliphatic rings. The van der Waals surface area contributed by atoms with Crippen molar-refractivity contribution < 1.29 is 4.74 Å². The second-order valence-electron chi connectivity index (χ2n) is 2.59. The quantitative estimate of drug-likeness (QED) is 0.737. The minimum Gasteiger partial charge on any atom is -0.372 e. The molecule has 0 saturated heterocycles. The van der Waals surface area contributed by atoms with Gasteiger partial charge in [-0.1, -0.05) is 30.3 Å². The zero-order valence-electron chi connectivity index (χ0n) is 7.36. The van der Waals surface area contributed by atoms with Crippen molar-refractivity contribution in [3.63, 3.8) is 0 Å². The molecule has 1 rings (SSSR count). The molecular weight excluding hydrogens is 150 g/mol. The summed E-state index contributed by atoms with van der Waals surface area (Å²) in [5, 5.41) is 0. The highest BCUT2D eigenvalue weighted by atomic mass is 16.5. The number of nitrogens with two attached hydrogens (primary N) is 1. The Morgan fingerprint density at radius 3 is 2.50 bits per heavy atom. The van der Waals surface area contributed by atoms with Crippen LogP contribution in [0.25, 0.3) is 0 Å². The lowest BCUT2D eigenvalue weighted by atomic mass is 10.1. The average molecular weight is 165 g/mol. The van der Waals surface area contributed by atoms with Crippen molar-refractivity contribution >= 4 is 0 Å². The van der Waals surface area contributed by atoms with Crippen LogP contribution < -0.4 is 5.73 Å². The third-order valence-electron chi connectivity index (χ3n) is 1.75. The molecule has 0 unspecified atom stereocenters. The summed E-state index contributed by atoms with van der Waals surface area (Å²) in [5.74, 6) is 0. The predicted molar refractivity (Wildman–Crippen MR) is 49.9 cm³/mol. The van der Waals surface area contributed by atoms with E-state index in [1.54, 1.807) is 0 Å². The molecule has 0 saturated carbocycles. The summed E-state index contributed by atoms with van der Waals surface area (Å²) in [6.07, 6.45) is 0.0520. The Hall–Kier alpha value is -0.860. The standard InChI is InChI=1S/C10H15NO/c1-2-12-10(8-11)9-6-4-3-5-7-9/h3-7,10H,2,8,11H2,1H3/t10-/m0/s1. The van der Waals surface area contributed by atoms with E-state index < -0.39 is 0 Å². The van der Waals surface area contributed by atoms with Crippen LogP contribution in [0.3, 0.4) is 0 Å². The van der Waals surface area contributed by atoms with Crippen LogP contribution in [0, 0.1) is 0 Å². The molecule has 0 amide bonds. The molecule has 0 aliphatic carbocycles.